The minimum Gasteiger partial charge on any atom is -0.495 e. The average molecular weight is 499 g/mol. The number of amides is 1. The highest BCUT2D eigenvalue weighted by Crippen LogP contribution is 2.32. The number of halogens is 2. The van der Waals surface area contributed by atoms with Crippen LogP contribution in [-0.4, -0.2) is 38.8 Å². The van der Waals surface area contributed by atoms with Gasteiger partial charge in [-0.25, -0.2) is 8.42 Å². The van der Waals surface area contributed by atoms with Crippen LogP contribution in [0.2, 0.25) is 10.0 Å². The normalized spacial score (nSPS) is 15.7. The number of hydrogen-bond acceptors (Lipinski definition) is 4. The van der Waals surface area contributed by atoms with Crippen molar-refractivity contribution in [2.45, 2.75) is 44.0 Å². The molecule has 1 fully saturated rings. The first-order valence-corrected chi connectivity index (χ1v) is 12.7. The number of benzene rings is 2. The minimum absolute atomic E-state index is 0.104. The largest absolute Gasteiger partial charge is 0.495 e. The zero-order valence-corrected chi connectivity index (χ0v) is 20.7. The number of ether oxygens (including phenoxy) is 1. The van der Waals surface area contributed by atoms with Gasteiger partial charge >= 0.3 is 0 Å². The van der Waals surface area contributed by atoms with Gasteiger partial charge in [-0.3, -0.25) is 4.79 Å². The molecule has 0 spiro atoms. The van der Waals surface area contributed by atoms with Crippen molar-refractivity contribution in [2.75, 3.05) is 20.2 Å². The topological polar surface area (TPSA) is 75.7 Å². The van der Waals surface area contributed by atoms with Crippen LogP contribution in [0.5, 0.6) is 5.75 Å². The molecule has 0 saturated carbocycles. The Morgan fingerprint density at radius 1 is 1.16 bits per heavy atom. The van der Waals surface area contributed by atoms with E-state index in [1.807, 2.05) is 19.9 Å². The summed E-state index contributed by atoms with van der Waals surface area (Å²) in [6, 6.07) is 10.4. The lowest BCUT2D eigenvalue weighted by molar-refractivity contribution is -0.126. The minimum atomic E-state index is -3.73. The van der Waals surface area contributed by atoms with Gasteiger partial charge in [0.15, 0.2) is 0 Å². The number of rotatable bonds is 7. The van der Waals surface area contributed by atoms with Crippen LogP contribution in [0.3, 0.4) is 0 Å². The fourth-order valence-electron chi connectivity index (χ4n) is 3.74. The average Bonchev–Trinajstić information content (AvgIpc) is 2.77. The van der Waals surface area contributed by atoms with Crippen LogP contribution in [0.4, 0.5) is 0 Å². The Bertz CT molecular complexity index is 1080. The van der Waals surface area contributed by atoms with Crippen molar-refractivity contribution in [2.24, 2.45) is 5.92 Å². The summed E-state index contributed by atoms with van der Waals surface area (Å²) in [5, 5.41) is 3.93. The summed E-state index contributed by atoms with van der Waals surface area (Å²) >= 11 is 12.1. The molecule has 2 aromatic carbocycles. The Hall–Kier alpha value is -1.80. The Morgan fingerprint density at radius 2 is 1.84 bits per heavy atom. The second kappa shape index (κ2) is 10.4. The summed E-state index contributed by atoms with van der Waals surface area (Å²) in [7, 11) is -2.26. The third kappa shape index (κ3) is 5.57. The van der Waals surface area contributed by atoms with Crippen molar-refractivity contribution >= 4 is 39.1 Å². The van der Waals surface area contributed by atoms with Crippen LogP contribution < -0.4 is 10.1 Å². The Kier molecular flexibility index (Phi) is 8.09. The van der Waals surface area contributed by atoms with E-state index >= 15 is 0 Å². The molecular weight excluding hydrogens is 471 g/mol. The molecule has 1 heterocycles. The van der Waals surface area contributed by atoms with E-state index in [1.54, 1.807) is 30.3 Å². The molecule has 0 bridgehead atoms. The molecule has 174 valence electrons. The molecule has 0 radical (unpaired) electrons. The number of sulfonamides is 1. The van der Waals surface area contributed by atoms with Crippen LogP contribution in [0.1, 0.15) is 43.7 Å². The van der Waals surface area contributed by atoms with Gasteiger partial charge in [0.05, 0.1) is 7.11 Å². The van der Waals surface area contributed by atoms with Crippen molar-refractivity contribution in [3.05, 3.63) is 57.6 Å². The van der Waals surface area contributed by atoms with E-state index in [0.717, 1.165) is 11.1 Å². The smallest absolute Gasteiger partial charge is 0.246 e. The number of carbonyl (C=O) groups excluding carboxylic acids is 1. The fourth-order valence-corrected chi connectivity index (χ4v) is 5.88. The first-order valence-electron chi connectivity index (χ1n) is 10.5. The van der Waals surface area contributed by atoms with Crippen molar-refractivity contribution in [3.63, 3.8) is 0 Å². The predicted molar refractivity (Wildman–Crippen MR) is 127 cm³/mol. The van der Waals surface area contributed by atoms with Crippen molar-refractivity contribution in [1.29, 1.82) is 0 Å². The molecule has 1 aliphatic heterocycles. The maximum atomic E-state index is 13.3. The zero-order valence-electron chi connectivity index (χ0n) is 18.4. The number of piperidine rings is 1. The molecular formula is C23H28Cl2N2O4S. The molecule has 2 aromatic rings. The van der Waals surface area contributed by atoms with Crippen molar-refractivity contribution < 1.29 is 17.9 Å². The van der Waals surface area contributed by atoms with Gasteiger partial charge in [0.1, 0.15) is 10.6 Å². The second-order valence-electron chi connectivity index (χ2n) is 8.20. The van der Waals surface area contributed by atoms with Crippen molar-refractivity contribution in [3.8, 4) is 5.75 Å². The van der Waals surface area contributed by atoms with E-state index < -0.39 is 10.0 Å². The maximum Gasteiger partial charge on any atom is 0.246 e. The van der Waals surface area contributed by atoms with E-state index in [4.69, 9.17) is 27.9 Å². The molecule has 1 N–H and O–H groups in total. The van der Waals surface area contributed by atoms with E-state index in [9.17, 15) is 13.2 Å². The van der Waals surface area contributed by atoms with Gasteiger partial charge < -0.3 is 10.1 Å². The summed E-state index contributed by atoms with van der Waals surface area (Å²) in [5.41, 5.74) is 1.71. The number of methoxy groups -OCH3 is 1. The van der Waals surface area contributed by atoms with E-state index in [2.05, 4.69) is 5.32 Å². The quantitative estimate of drug-likeness (QED) is 0.592. The van der Waals surface area contributed by atoms with Gasteiger partial charge in [-0.1, -0.05) is 49.2 Å². The maximum absolute atomic E-state index is 13.3. The second-order valence-corrected chi connectivity index (χ2v) is 10.9. The Balaban J connectivity index is 1.64. The van der Waals surface area contributed by atoms with Crippen LogP contribution in [-0.2, 0) is 21.4 Å². The summed E-state index contributed by atoms with van der Waals surface area (Å²) in [5.74, 6) is 0.163. The van der Waals surface area contributed by atoms with Crippen LogP contribution in [0.25, 0.3) is 0 Å². The monoisotopic (exact) mass is 498 g/mol. The molecule has 1 amide bonds. The Labute approximate surface area is 199 Å². The molecule has 9 heteroatoms. The predicted octanol–water partition coefficient (Wildman–Crippen LogP) is 4.84. The van der Waals surface area contributed by atoms with Crippen LogP contribution in [0, 0.1) is 5.92 Å². The van der Waals surface area contributed by atoms with Gasteiger partial charge in [0.25, 0.3) is 0 Å². The highest BCUT2D eigenvalue weighted by atomic mass is 35.5. The third-order valence-corrected chi connectivity index (χ3v) is 8.27. The van der Waals surface area contributed by atoms with Crippen molar-refractivity contribution in [1.82, 2.24) is 9.62 Å². The SMILES string of the molecule is COc1ccc(C(C)C)cc1S(=O)(=O)N1CCC(C(=O)NCc2ccc(Cl)cc2Cl)CC1. The summed E-state index contributed by atoms with van der Waals surface area (Å²) in [6.07, 6.45) is 0.900. The molecule has 0 unspecified atom stereocenters. The number of carbonyl (C=O) groups is 1. The third-order valence-electron chi connectivity index (χ3n) is 5.77. The number of nitrogens with zero attached hydrogens (tertiary/aromatic N) is 1. The number of nitrogens with one attached hydrogen (secondary N) is 1. The lowest BCUT2D eigenvalue weighted by atomic mass is 9.97. The highest BCUT2D eigenvalue weighted by Gasteiger charge is 2.34. The summed E-state index contributed by atoms with van der Waals surface area (Å²) in [6.45, 7) is 4.87. The molecule has 0 aliphatic carbocycles. The van der Waals surface area contributed by atoms with Gasteiger partial charge in [0, 0.05) is 35.6 Å². The molecule has 32 heavy (non-hydrogen) atoms. The molecule has 0 atom stereocenters. The van der Waals surface area contributed by atoms with Gasteiger partial charge in [-0.05, 0) is 54.2 Å². The Morgan fingerprint density at radius 3 is 2.44 bits per heavy atom. The molecule has 0 aromatic heterocycles. The lowest BCUT2D eigenvalue weighted by Crippen LogP contribution is -2.43. The van der Waals surface area contributed by atoms with Crippen LogP contribution in [0.15, 0.2) is 41.3 Å². The number of hydrogen-bond donors (Lipinski definition) is 1. The summed E-state index contributed by atoms with van der Waals surface area (Å²) < 4.78 is 33.4. The zero-order chi connectivity index (χ0) is 23.5. The summed E-state index contributed by atoms with van der Waals surface area (Å²) in [4.78, 5) is 12.8. The standard InChI is InChI=1S/C23H28Cl2N2O4S/c1-15(2)17-5-7-21(31-3)22(12-17)32(29,30)27-10-8-16(9-11-27)23(28)26-14-18-4-6-19(24)13-20(18)25/h4-7,12-13,15-16H,8-11,14H2,1-3H3,(H,26,28). The van der Waals surface area contributed by atoms with Gasteiger partial charge in [0.2, 0.25) is 15.9 Å². The first kappa shape index (κ1) is 24.8. The van der Waals surface area contributed by atoms with E-state index in [1.165, 1.54) is 11.4 Å². The molecule has 1 aliphatic rings. The van der Waals surface area contributed by atoms with E-state index in [-0.39, 0.29) is 35.7 Å². The van der Waals surface area contributed by atoms with E-state index in [0.29, 0.717) is 35.2 Å². The first-order chi connectivity index (χ1) is 15.1. The van der Waals surface area contributed by atoms with Gasteiger partial charge in [-0.15, -0.1) is 0 Å². The fraction of sp³-hybridized carbons (Fsp3) is 0.435. The highest BCUT2D eigenvalue weighted by molar-refractivity contribution is 7.89. The molecule has 3 rings (SSSR count). The van der Waals surface area contributed by atoms with Crippen LogP contribution >= 0.6 is 23.2 Å². The molecule has 6 nitrogen and oxygen atoms in total. The lowest BCUT2D eigenvalue weighted by Gasteiger charge is -2.31. The van der Waals surface area contributed by atoms with Gasteiger partial charge in [-0.2, -0.15) is 4.31 Å². The molecule has 1 saturated heterocycles.